The van der Waals surface area contributed by atoms with Gasteiger partial charge >= 0.3 is 0 Å². The van der Waals surface area contributed by atoms with E-state index in [1.165, 1.54) is 12.8 Å². The Morgan fingerprint density at radius 2 is 1.88 bits per heavy atom. The summed E-state index contributed by atoms with van der Waals surface area (Å²) in [6.07, 6.45) is 6.37. The SMILES string of the molecule is CCCCC(CCC)NC(=O)CCNCC. The van der Waals surface area contributed by atoms with E-state index in [9.17, 15) is 4.79 Å². The second-order valence-corrected chi connectivity index (χ2v) is 4.30. The quantitative estimate of drug-likeness (QED) is 0.564. The number of hydrogen-bond acceptors (Lipinski definition) is 2. The lowest BCUT2D eigenvalue weighted by Crippen LogP contribution is -2.36. The summed E-state index contributed by atoms with van der Waals surface area (Å²) in [6.45, 7) is 8.13. The molecule has 0 bridgehead atoms. The molecule has 0 radical (unpaired) electrons. The molecule has 0 saturated carbocycles. The normalized spacial score (nSPS) is 12.4. The fraction of sp³-hybridized carbons (Fsp3) is 0.923. The van der Waals surface area contributed by atoms with E-state index >= 15 is 0 Å². The van der Waals surface area contributed by atoms with Crippen molar-refractivity contribution in [2.24, 2.45) is 0 Å². The molecule has 0 aromatic rings. The lowest BCUT2D eigenvalue weighted by atomic mass is 10.1. The molecular weight excluding hydrogens is 200 g/mol. The second kappa shape index (κ2) is 10.9. The Hall–Kier alpha value is -0.570. The molecule has 0 aliphatic carbocycles. The minimum atomic E-state index is 0.190. The zero-order valence-corrected chi connectivity index (χ0v) is 11.1. The van der Waals surface area contributed by atoms with E-state index in [2.05, 4.69) is 31.4 Å². The lowest BCUT2D eigenvalue weighted by Gasteiger charge is -2.17. The number of amides is 1. The third kappa shape index (κ3) is 8.72. The molecule has 96 valence electrons. The first-order chi connectivity index (χ1) is 7.74. The Labute approximate surface area is 100 Å². The van der Waals surface area contributed by atoms with E-state index in [0.29, 0.717) is 12.5 Å². The van der Waals surface area contributed by atoms with Crippen molar-refractivity contribution in [1.29, 1.82) is 0 Å². The van der Waals surface area contributed by atoms with Gasteiger partial charge in [-0.05, 0) is 19.4 Å². The highest BCUT2D eigenvalue weighted by atomic mass is 16.1. The number of hydrogen-bond donors (Lipinski definition) is 2. The van der Waals surface area contributed by atoms with Crippen molar-refractivity contribution in [1.82, 2.24) is 10.6 Å². The molecule has 3 heteroatoms. The highest BCUT2D eigenvalue weighted by Crippen LogP contribution is 2.06. The Bertz CT molecular complexity index is 171. The second-order valence-electron chi connectivity index (χ2n) is 4.30. The number of unbranched alkanes of at least 4 members (excludes halogenated alkanes) is 1. The van der Waals surface area contributed by atoms with Crippen molar-refractivity contribution >= 4 is 5.91 Å². The number of rotatable bonds is 10. The largest absolute Gasteiger partial charge is 0.353 e. The summed E-state index contributed by atoms with van der Waals surface area (Å²) in [7, 11) is 0. The van der Waals surface area contributed by atoms with Gasteiger partial charge in [-0.15, -0.1) is 0 Å². The maximum absolute atomic E-state index is 11.6. The van der Waals surface area contributed by atoms with E-state index in [0.717, 1.165) is 32.4 Å². The number of carbonyl (C=O) groups excluding carboxylic acids is 1. The van der Waals surface area contributed by atoms with Gasteiger partial charge in [-0.3, -0.25) is 4.79 Å². The van der Waals surface area contributed by atoms with Gasteiger partial charge < -0.3 is 10.6 Å². The highest BCUT2D eigenvalue weighted by Gasteiger charge is 2.10. The topological polar surface area (TPSA) is 41.1 Å². The van der Waals surface area contributed by atoms with E-state index in [4.69, 9.17) is 0 Å². The van der Waals surface area contributed by atoms with Gasteiger partial charge in [0.15, 0.2) is 0 Å². The smallest absolute Gasteiger partial charge is 0.221 e. The number of carbonyl (C=O) groups is 1. The third-order valence-electron chi connectivity index (χ3n) is 2.69. The molecular formula is C13H28N2O. The van der Waals surface area contributed by atoms with Crippen LogP contribution in [-0.2, 0) is 4.79 Å². The molecule has 0 fully saturated rings. The molecule has 0 saturated heterocycles. The van der Waals surface area contributed by atoms with Crippen LogP contribution in [0.4, 0.5) is 0 Å². The Morgan fingerprint density at radius 3 is 2.44 bits per heavy atom. The van der Waals surface area contributed by atoms with Crippen LogP contribution in [0.25, 0.3) is 0 Å². The molecule has 1 unspecified atom stereocenters. The summed E-state index contributed by atoms with van der Waals surface area (Å²) in [6, 6.07) is 0.388. The van der Waals surface area contributed by atoms with E-state index in [-0.39, 0.29) is 5.91 Å². The zero-order chi connectivity index (χ0) is 12.2. The standard InChI is InChI=1S/C13H28N2O/c1-4-7-9-12(8-5-2)15-13(16)10-11-14-6-3/h12,14H,4-11H2,1-3H3,(H,15,16). The van der Waals surface area contributed by atoms with Crippen LogP contribution in [0.2, 0.25) is 0 Å². The van der Waals surface area contributed by atoms with Gasteiger partial charge in [-0.2, -0.15) is 0 Å². The molecule has 0 aromatic carbocycles. The maximum Gasteiger partial charge on any atom is 0.221 e. The zero-order valence-electron chi connectivity index (χ0n) is 11.1. The first-order valence-electron chi connectivity index (χ1n) is 6.74. The van der Waals surface area contributed by atoms with Crippen molar-refractivity contribution in [3.8, 4) is 0 Å². The lowest BCUT2D eigenvalue weighted by molar-refractivity contribution is -0.121. The van der Waals surface area contributed by atoms with Crippen LogP contribution in [0.15, 0.2) is 0 Å². The average molecular weight is 228 g/mol. The molecule has 16 heavy (non-hydrogen) atoms. The molecule has 0 heterocycles. The van der Waals surface area contributed by atoms with Crippen molar-refractivity contribution in [3.63, 3.8) is 0 Å². The summed E-state index contributed by atoms with van der Waals surface area (Å²) in [4.78, 5) is 11.6. The van der Waals surface area contributed by atoms with Gasteiger partial charge in [0.05, 0.1) is 0 Å². The molecule has 0 spiro atoms. The van der Waals surface area contributed by atoms with E-state index in [1.807, 2.05) is 0 Å². The van der Waals surface area contributed by atoms with Gasteiger partial charge in [0.25, 0.3) is 0 Å². The van der Waals surface area contributed by atoms with Crippen molar-refractivity contribution in [2.45, 2.75) is 65.3 Å². The van der Waals surface area contributed by atoms with E-state index in [1.54, 1.807) is 0 Å². The van der Waals surface area contributed by atoms with Crippen LogP contribution in [-0.4, -0.2) is 25.0 Å². The molecule has 3 nitrogen and oxygen atoms in total. The van der Waals surface area contributed by atoms with Crippen LogP contribution < -0.4 is 10.6 Å². The summed E-state index contributed by atoms with van der Waals surface area (Å²) >= 11 is 0. The summed E-state index contributed by atoms with van der Waals surface area (Å²) < 4.78 is 0. The Balaban J connectivity index is 3.73. The van der Waals surface area contributed by atoms with Crippen molar-refractivity contribution in [3.05, 3.63) is 0 Å². The molecule has 0 aliphatic rings. The van der Waals surface area contributed by atoms with Crippen LogP contribution >= 0.6 is 0 Å². The molecule has 1 atom stereocenters. The molecule has 1 amide bonds. The summed E-state index contributed by atoms with van der Waals surface area (Å²) in [5, 5.41) is 6.30. The third-order valence-corrected chi connectivity index (χ3v) is 2.69. The molecule has 0 rings (SSSR count). The maximum atomic E-state index is 11.6. The monoisotopic (exact) mass is 228 g/mol. The summed E-state index contributed by atoms with van der Waals surface area (Å²) in [5.74, 6) is 0.190. The van der Waals surface area contributed by atoms with Gasteiger partial charge in [0, 0.05) is 19.0 Å². The Morgan fingerprint density at radius 1 is 1.12 bits per heavy atom. The first kappa shape index (κ1) is 15.4. The predicted molar refractivity (Wildman–Crippen MR) is 69.5 cm³/mol. The van der Waals surface area contributed by atoms with Gasteiger partial charge in [-0.25, -0.2) is 0 Å². The van der Waals surface area contributed by atoms with Crippen molar-refractivity contribution < 1.29 is 4.79 Å². The van der Waals surface area contributed by atoms with Gasteiger partial charge in [0.1, 0.15) is 0 Å². The first-order valence-corrected chi connectivity index (χ1v) is 6.74. The van der Waals surface area contributed by atoms with Crippen molar-refractivity contribution in [2.75, 3.05) is 13.1 Å². The minimum Gasteiger partial charge on any atom is -0.353 e. The highest BCUT2D eigenvalue weighted by molar-refractivity contribution is 5.76. The van der Waals surface area contributed by atoms with E-state index < -0.39 is 0 Å². The Kier molecular flexibility index (Phi) is 10.5. The molecule has 0 aliphatic heterocycles. The average Bonchev–Trinajstić information content (AvgIpc) is 2.26. The fourth-order valence-electron chi connectivity index (χ4n) is 1.77. The van der Waals surface area contributed by atoms with Crippen LogP contribution in [0.3, 0.4) is 0 Å². The van der Waals surface area contributed by atoms with Crippen LogP contribution in [0, 0.1) is 0 Å². The minimum absolute atomic E-state index is 0.190. The molecule has 0 aromatic heterocycles. The van der Waals surface area contributed by atoms with Crippen LogP contribution in [0.5, 0.6) is 0 Å². The fourth-order valence-corrected chi connectivity index (χ4v) is 1.77. The van der Waals surface area contributed by atoms with Gasteiger partial charge in [-0.1, -0.05) is 40.0 Å². The number of nitrogens with one attached hydrogen (secondary N) is 2. The van der Waals surface area contributed by atoms with Gasteiger partial charge in [0.2, 0.25) is 5.91 Å². The molecule has 2 N–H and O–H groups in total. The predicted octanol–water partition coefficient (Wildman–Crippen LogP) is 2.46. The summed E-state index contributed by atoms with van der Waals surface area (Å²) in [5.41, 5.74) is 0. The van der Waals surface area contributed by atoms with Crippen LogP contribution in [0.1, 0.15) is 59.3 Å².